The van der Waals surface area contributed by atoms with Crippen LogP contribution in [0.1, 0.15) is 58.7 Å². The van der Waals surface area contributed by atoms with Crippen molar-refractivity contribution in [2.24, 2.45) is 5.92 Å². The molecular weight excluding hydrogens is 328 g/mol. The third kappa shape index (κ3) is 3.50. The highest BCUT2D eigenvalue weighted by Crippen LogP contribution is 2.44. The van der Waals surface area contributed by atoms with Crippen molar-refractivity contribution in [3.63, 3.8) is 0 Å². The lowest BCUT2D eigenvalue weighted by atomic mass is 9.90. The van der Waals surface area contributed by atoms with E-state index in [4.69, 9.17) is 4.98 Å². The van der Waals surface area contributed by atoms with Crippen LogP contribution in [0.15, 0.2) is 30.3 Å². The number of hydrogen-bond donors (Lipinski definition) is 0. The molecule has 2 aliphatic rings. The number of aryl methyl sites for hydroxylation is 2. The molecular formula is C21H26N2OS. The minimum Gasteiger partial charge on any atom is -0.342 e. The van der Waals surface area contributed by atoms with Crippen molar-refractivity contribution >= 4 is 17.2 Å². The average Bonchev–Trinajstić information content (AvgIpc) is 3.41. The third-order valence-electron chi connectivity index (χ3n) is 5.72. The lowest BCUT2D eigenvalue weighted by molar-refractivity contribution is -0.134. The summed E-state index contributed by atoms with van der Waals surface area (Å²) < 4.78 is 0. The molecule has 3 nitrogen and oxygen atoms in total. The molecule has 132 valence electrons. The van der Waals surface area contributed by atoms with E-state index in [2.05, 4.69) is 43.0 Å². The van der Waals surface area contributed by atoms with E-state index >= 15 is 0 Å². The molecule has 1 aliphatic heterocycles. The predicted molar refractivity (Wildman–Crippen MR) is 102 cm³/mol. The van der Waals surface area contributed by atoms with E-state index in [1.165, 1.54) is 28.3 Å². The molecule has 0 radical (unpaired) electrons. The van der Waals surface area contributed by atoms with Crippen LogP contribution in [0, 0.1) is 19.8 Å². The largest absolute Gasteiger partial charge is 0.342 e. The molecule has 1 amide bonds. The summed E-state index contributed by atoms with van der Waals surface area (Å²) in [5, 5.41) is 1.27. The van der Waals surface area contributed by atoms with Gasteiger partial charge < -0.3 is 4.90 Å². The Morgan fingerprint density at radius 2 is 1.80 bits per heavy atom. The number of carbonyl (C=O) groups excluding carboxylic acids is 1. The number of nitrogens with zero attached hydrogens (tertiary/aromatic N) is 2. The van der Waals surface area contributed by atoms with Crippen LogP contribution in [0.5, 0.6) is 0 Å². The van der Waals surface area contributed by atoms with E-state index in [9.17, 15) is 4.79 Å². The Kier molecular flexibility index (Phi) is 4.63. The molecule has 1 aromatic heterocycles. The number of thiazole rings is 1. The van der Waals surface area contributed by atoms with Crippen LogP contribution < -0.4 is 0 Å². The van der Waals surface area contributed by atoms with Gasteiger partial charge in [0, 0.05) is 23.9 Å². The van der Waals surface area contributed by atoms with Crippen LogP contribution in [-0.2, 0) is 4.79 Å². The van der Waals surface area contributed by atoms with Gasteiger partial charge in [0.15, 0.2) is 0 Å². The van der Waals surface area contributed by atoms with Crippen LogP contribution in [0.25, 0.3) is 0 Å². The van der Waals surface area contributed by atoms with Crippen molar-refractivity contribution in [3.8, 4) is 0 Å². The Balaban J connectivity index is 1.43. The van der Waals surface area contributed by atoms with E-state index in [0.29, 0.717) is 17.7 Å². The van der Waals surface area contributed by atoms with Crippen molar-refractivity contribution in [3.05, 3.63) is 51.5 Å². The Morgan fingerprint density at radius 3 is 2.36 bits per heavy atom. The highest BCUT2D eigenvalue weighted by Gasteiger charge is 2.40. The van der Waals surface area contributed by atoms with Gasteiger partial charge in [-0.1, -0.05) is 30.3 Å². The first-order valence-corrected chi connectivity index (χ1v) is 10.2. The van der Waals surface area contributed by atoms with Crippen LogP contribution >= 0.6 is 11.3 Å². The van der Waals surface area contributed by atoms with Gasteiger partial charge in [-0.3, -0.25) is 4.79 Å². The van der Waals surface area contributed by atoms with Crippen molar-refractivity contribution in [1.29, 1.82) is 0 Å². The standard InChI is InChI=1S/C21H26N2OS/c1-14-15(2)25-20(22-14)18-10-12-23(13-11-18)21(24)19(17-8-9-17)16-6-4-3-5-7-16/h3-7,17-19H,8-13H2,1-2H3. The minimum atomic E-state index is 0.0714. The van der Waals surface area contributed by atoms with Crippen LogP contribution in [0.2, 0.25) is 0 Å². The van der Waals surface area contributed by atoms with Crippen molar-refractivity contribution in [1.82, 2.24) is 9.88 Å². The number of hydrogen-bond acceptors (Lipinski definition) is 3. The summed E-state index contributed by atoms with van der Waals surface area (Å²) in [6.07, 6.45) is 4.48. The van der Waals surface area contributed by atoms with Crippen LogP contribution in [0.3, 0.4) is 0 Å². The molecule has 1 aromatic carbocycles. The SMILES string of the molecule is Cc1nc(C2CCN(C(=O)C(c3ccccc3)C3CC3)CC2)sc1C. The van der Waals surface area contributed by atoms with Gasteiger partial charge in [-0.15, -0.1) is 11.3 Å². The monoisotopic (exact) mass is 354 g/mol. The molecule has 2 aromatic rings. The first-order chi connectivity index (χ1) is 12.1. The molecule has 1 saturated carbocycles. The predicted octanol–water partition coefficient (Wildman–Crippen LogP) is 4.66. The molecule has 25 heavy (non-hydrogen) atoms. The summed E-state index contributed by atoms with van der Waals surface area (Å²) in [5.74, 6) is 1.50. The fourth-order valence-corrected chi connectivity index (χ4v) is 5.01. The molecule has 1 aliphatic carbocycles. The first kappa shape index (κ1) is 16.8. The lowest BCUT2D eigenvalue weighted by Crippen LogP contribution is -2.41. The molecule has 0 N–H and O–H groups in total. The fraction of sp³-hybridized carbons (Fsp3) is 0.524. The lowest BCUT2D eigenvalue weighted by Gasteiger charge is -2.34. The number of aromatic nitrogens is 1. The highest BCUT2D eigenvalue weighted by atomic mass is 32.1. The second kappa shape index (κ2) is 6.91. The topological polar surface area (TPSA) is 33.2 Å². The zero-order valence-electron chi connectivity index (χ0n) is 15.1. The summed E-state index contributed by atoms with van der Waals surface area (Å²) in [6, 6.07) is 10.4. The van der Waals surface area contributed by atoms with Gasteiger partial charge in [0.1, 0.15) is 0 Å². The maximum absolute atomic E-state index is 13.2. The van der Waals surface area contributed by atoms with E-state index in [0.717, 1.165) is 31.6 Å². The van der Waals surface area contributed by atoms with Crippen molar-refractivity contribution in [2.45, 2.75) is 51.4 Å². The summed E-state index contributed by atoms with van der Waals surface area (Å²) in [6.45, 7) is 5.98. The zero-order chi connectivity index (χ0) is 17.4. The zero-order valence-corrected chi connectivity index (χ0v) is 15.9. The van der Waals surface area contributed by atoms with Crippen molar-refractivity contribution in [2.75, 3.05) is 13.1 Å². The molecule has 2 heterocycles. The van der Waals surface area contributed by atoms with E-state index in [1.807, 2.05) is 17.4 Å². The maximum atomic E-state index is 13.2. The molecule has 4 rings (SSSR count). The molecule has 4 heteroatoms. The normalized spacial score (nSPS) is 19.8. The molecule has 0 bridgehead atoms. The summed E-state index contributed by atoms with van der Waals surface area (Å²) >= 11 is 1.83. The average molecular weight is 355 g/mol. The Morgan fingerprint density at radius 1 is 1.12 bits per heavy atom. The van der Waals surface area contributed by atoms with E-state index in [1.54, 1.807) is 0 Å². The minimum absolute atomic E-state index is 0.0714. The number of piperidine rings is 1. The number of benzene rings is 1. The molecule has 2 fully saturated rings. The van der Waals surface area contributed by atoms with Gasteiger partial charge in [0.2, 0.25) is 5.91 Å². The second-order valence-electron chi connectivity index (χ2n) is 7.52. The van der Waals surface area contributed by atoms with Gasteiger partial charge in [0.05, 0.1) is 16.6 Å². The summed E-state index contributed by atoms with van der Waals surface area (Å²) in [4.78, 5) is 21.4. The fourth-order valence-electron chi connectivity index (χ4n) is 3.92. The smallest absolute Gasteiger partial charge is 0.230 e. The molecule has 1 unspecified atom stereocenters. The molecule has 1 saturated heterocycles. The number of carbonyl (C=O) groups is 1. The quantitative estimate of drug-likeness (QED) is 0.800. The van der Waals surface area contributed by atoms with E-state index < -0.39 is 0 Å². The van der Waals surface area contributed by atoms with Gasteiger partial charge in [0.25, 0.3) is 0 Å². The van der Waals surface area contributed by atoms with Gasteiger partial charge in [-0.05, 0) is 51.0 Å². The van der Waals surface area contributed by atoms with Gasteiger partial charge >= 0.3 is 0 Å². The number of likely N-dealkylation sites (tertiary alicyclic amines) is 1. The summed E-state index contributed by atoms with van der Waals surface area (Å²) in [7, 11) is 0. The van der Waals surface area contributed by atoms with Crippen LogP contribution in [-0.4, -0.2) is 28.9 Å². The first-order valence-electron chi connectivity index (χ1n) is 9.41. The van der Waals surface area contributed by atoms with Gasteiger partial charge in [-0.25, -0.2) is 4.98 Å². The van der Waals surface area contributed by atoms with Crippen molar-refractivity contribution < 1.29 is 4.79 Å². The van der Waals surface area contributed by atoms with Gasteiger partial charge in [-0.2, -0.15) is 0 Å². The Bertz CT molecular complexity index is 723. The molecule has 0 spiro atoms. The third-order valence-corrected chi connectivity index (χ3v) is 6.95. The Hall–Kier alpha value is -1.68. The second-order valence-corrected chi connectivity index (χ2v) is 8.75. The highest BCUT2D eigenvalue weighted by molar-refractivity contribution is 7.11. The molecule has 1 atom stereocenters. The Labute approximate surface area is 154 Å². The summed E-state index contributed by atoms with van der Waals surface area (Å²) in [5.41, 5.74) is 2.36. The maximum Gasteiger partial charge on any atom is 0.230 e. The number of rotatable bonds is 4. The number of amides is 1. The van der Waals surface area contributed by atoms with Crippen LogP contribution in [0.4, 0.5) is 0 Å². The van der Waals surface area contributed by atoms with E-state index in [-0.39, 0.29) is 5.92 Å².